The Morgan fingerprint density at radius 2 is 2.19 bits per heavy atom. The smallest absolute Gasteiger partial charge is 0.307 e. The fourth-order valence-corrected chi connectivity index (χ4v) is 2.49. The van der Waals surface area contributed by atoms with Gasteiger partial charge in [-0.1, -0.05) is 0 Å². The van der Waals surface area contributed by atoms with E-state index in [9.17, 15) is 9.59 Å². The van der Waals surface area contributed by atoms with Gasteiger partial charge in [-0.15, -0.1) is 0 Å². The molecule has 1 amide bonds. The van der Waals surface area contributed by atoms with Crippen LogP contribution >= 0.6 is 11.3 Å². The lowest BCUT2D eigenvalue weighted by Gasteiger charge is -2.31. The number of hydrogen-bond donors (Lipinski definition) is 2. The number of hydrogen-bond acceptors (Lipinski definition) is 3. The zero-order valence-corrected chi connectivity index (χ0v) is 9.50. The highest BCUT2D eigenvalue weighted by atomic mass is 32.1. The number of amides is 1. The summed E-state index contributed by atoms with van der Waals surface area (Å²) in [5.74, 6) is -1.81. The first-order chi connectivity index (χ1) is 7.68. The van der Waals surface area contributed by atoms with Crippen LogP contribution in [0.15, 0.2) is 16.8 Å². The molecule has 0 bridgehead atoms. The molecule has 1 fully saturated rings. The maximum Gasteiger partial charge on any atom is 0.307 e. The van der Waals surface area contributed by atoms with Crippen molar-refractivity contribution in [1.29, 1.82) is 0 Å². The molecule has 2 N–H and O–H groups in total. The molecule has 0 saturated heterocycles. The highest BCUT2D eigenvalue weighted by molar-refractivity contribution is 7.07. The van der Waals surface area contributed by atoms with Gasteiger partial charge in [0.1, 0.15) is 0 Å². The Kier molecular flexibility index (Phi) is 3.24. The molecule has 0 aromatic carbocycles. The molecule has 1 heterocycles. The van der Waals surface area contributed by atoms with Crippen LogP contribution in [0.4, 0.5) is 0 Å². The molecule has 86 valence electrons. The van der Waals surface area contributed by atoms with Crippen molar-refractivity contribution in [3.63, 3.8) is 0 Å². The molecular weight excluding hydrogens is 226 g/mol. The van der Waals surface area contributed by atoms with Gasteiger partial charge in [0, 0.05) is 6.54 Å². The van der Waals surface area contributed by atoms with Gasteiger partial charge in [0.15, 0.2) is 0 Å². The summed E-state index contributed by atoms with van der Waals surface area (Å²) in [6, 6.07) is 1.94. The number of rotatable bonds is 4. The van der Waals surface area contributed by atoms with E-state index in [2.05, 4.69) is 5.32 Å². The quantitative estimate of drug-likeness (QED) is 0.836. The Morgan fingerprint density at radius 1 is 1.44 bits per heavy atom. The van der Waals surface area contributed by atoms with Gasteiger partial charge < -0.3 is 10.4 Å². The van der Waals surface area contributed by atoms with Gasteiger partial charge in [-0.05, 0) is 35.2 Å². The van der Waals surface area contributed by atoms with E-state index in [0.29, 0.717) is 19.4 Å². The average molecular weight is 239 g/mol. The minimum absolute atomic E-state index is 0.134. The van der Waals surface area contributed by atoms with E-state index in [4.69, 9.17) is 5.11 Å². The van der Waals surface area contributed by atoms with E-state index >= 15 is 0 Å². The summed E-state index contributed by atoms with van der Waals surface area (Å²) in [6.45, 7) is 0.491. The number of thiophene rings is 1. The fraction of sp³-hybridized carbons (Fsp3) is 0.455. The Morgan fingerprint density at radius 3 is 2.69 bits per heavy atom. The summed E-state index contributed by atoms with van der Waals surface area (Å²) in [4.78, 5) is 22.4. The zero-order valence-electron chi connectivity index (χ0n) is 8.68. The first-order valence-corrected chi connectivity index (χ1v) is 6.14. The van der Waals surface area contributed by atoms with Crippen LogP contribution < -0.4 is 5.32 Å². The standard InChI is InChI=1S/C11H13NO3S/c13-10(8-1-2-9(8)11(14)15)12-5-7-3-4-16-6-7/h3-4,6,8-9H,1-2,5H2,(H,12,13)(H,14,15). The predicted octanol–water partition coefficient (Wildman–Crippen LogP) is 1.48. The third-order valence-corrected chi connectivity index (χ3v) is 3.71. The summed E-state index contributed by atoms with van der Waals surface area (Å²) >= 11 is 1.58. The molecule has 1 saturated carbocycles. The molecule has 4 nitrogen and oxygen atoms in total. The van der Waals surface area contributed by atoms with Gasteiger partial charge in [0.25, 0.3) is 0 Å². The second-order valence-corrected chi connectivity index (χ2v) is 4.76. The van der Waals surface area contributed by atoms with Gasteiger partial charge in [0.05, 0.1) is 11.8 Å². The number of aliphatic carboxylic acids is 1. The van der Waals surface area contributed by atoms with Crippen molar-refractivity contribution in [3.8, 4) is 0 Å². The van der Waals surface area contributed by atoms with Crippen LogP contribution in [0.25, 0.3) is 0 Å². The molecule has 1 aliphatic carbocycles. The van der Waals surface area contributed by atoms with Crippen LogP contribution in [-0.2, 0) is 16.1 Å². The summed E-state index contributed by atoms with van der Waals surface area (Å²) < 4.78 is 0. The normalized spacial score (nSPS) is 23.5. The van der Waals surface area contributed by atoms with Crippen LogP contribution in [0.5, 0.6) is 0 Å². The highest BCUT2D eigenvalue weighted by Gasteiger charge is 2.41. The molecule has 2 unspecified atom stereocenters. The van der Waals surface area contributed by atoms with E-state index in [1.165, 1.54) is 0 Å². The van der Waals surface area contributed by atoms with Crippen LogP contribution in [0.2, 0.25) is 0 Å². The van der Waals surface area contributed by atoms with Crippen molar-refractivity contribution >= 4 is 23.2 Å². The molecule has 0 spiro atoms. The van der Waals surface area contributed by atoms with E-state index in [0.717, 1.165) is 5.56 Å². The molecule has 5 heteroatoms. The molecule has 0 aliphatic heterocycles. The van der Waals surface area contributed by atoms with Crippen molar-refractivity contribution in [1.82, 2.24) is 5.32 Å². The Labute approximate surface area is 97.3 Å². The SMILES string of the molecule is O=C(O)C1CCC1C(=O)NCc1ccsc1. The molecule has 16 heavy (non-hydrogen) atoms. The van der Waals surface area contributed by atoms with Crippen molar-refractivity contribution in [3.05, 3.63) is 22.4 Å². The second kappa shape index (κ2) is 4.65. The fourth-order valence-electron chi connectivity index (χ4n) is 1.82. The van der Waals surface area contributed by atoms with Crippen LogP contribution in [0, 0.1) is 11.8 Å². The highest BCUT2D eigenvalue weighted by Crippen LogP contribution is 2.34. The maximum atomic E-state index is 11.7. The number of carboxylic acids is 1. The van der Waals surface area contributed by atoms with Crippen molar-refractivity contribution in [2.45, 2.75) is 19.4 Å². The predicted molar refractivity (Wildman–Crippen MR) is 60.0 cm³/mol. The lowest BCUT2D eigenvalue weighted by Crippen LogP contribution is -2.43. The molecule has 1 aromatic heterocycles. The largest absolute Gasteiger partial charge is 0.481 e. The number of carbonyl (C=O) groups excluding carboxylic acids is 1. The number of carboxylic acid groups (broad SMARTS) is 1. The van der Waals surface area contributed by atoms with Gasteiger partial charge in [-0.25, -0.2) is 0 Å². The summed E-state index contributed by atoms with van der Waals surface area (Å²) in [5, 5.41) is 15.5. The number of nitrogens with one attached hydrogen (secondary N) is 1. The minimum atomic E-state index is -0.859. The van der Waals surface area contributed by atoms with E-state index < -0.39 is 11.9 Å². The molecular formula is C11H13NO3S. The van der Waals surface area contributed by atoms with Crippen LogP contribution in [-0.4, -0.2) is 17.0 Å². The zero-order chi connectivity index (χ0) is 11.5. The third-order valence-electron chi connectivity index (χ3n) is 2.98. The number of carbonyl (C=O) groups is 2. The van der Waals surface area contributed by atoms with Gasteiger partial charge in [0.2, 0.25) is 5.91 Å². The molecule has 1 aliphatic rings. The van der Waals surface area contributed by atoms with Gasteiger partial charge in [-0.3, -0.25) is 9.59 Å². The summed E-state index contributed by atoms with van der Waals surface area (Å²) in [7, 11) is 0. The lowest BCUT2D eigenvalue weighted by molar-refractivity contribution is -0.152. The molecule has 2 rings (SSSR count). The first-order valence-electron chi connectivity index (χ1n) is 5.20. The van der Waals surface area contributed by atoms with Crippen molar-refractivity contribution in [2.24, 2.45) is 11.8 Å². The van der Waals surface area contributed by atoms with Crippen LogP contribution in [0.3, 0.4) is 0 Å². The second-order valence-electron chi connectivity index (χ2n) is 3.98. The Balaban J connectivity index is 1.82. The van der Waals surface area contributed by atoms with Crippen molar-refractivity contribution in [2.75, 3.05) is 0 Å². The topological polar surface area (TPSA) is 66.4 Å². The van der Waals surface area contributed by atoms with E-state index in [-0.39, 0.29) is 11.8 Å². The first kappa shape index (κ1) is 11.1. The average Bonchev–Trinajstić information content (AvgIpc) is 2.64. The third kappa shape index (κ3) is 2.24. The van der Waals surface area contributed by atoms with Crippen molar-refractivity contribution < 1.29 is 14.7 Å². The minimum Gasteiger partial charge on any atom is -0.481 e. The molecule has 0 radical (unpaired) electrons. The Hall–Kier alpha value is -1.36. The van der Waals surface area contributed by atoms with E-state index in [1.54, 1.807) is 11.3 Å². The molecule has 1 aromatic rings. The molecule has 2 atom stereocenters. The van der Waals surface area contributed by atoms with Gasteiger partial charge in [-0.2, -0.15) is 11.3 Å². The summed E-state index contributed by atoms with van der Waals surface area (Å²) in [5.41, 5.74) is 1.06. The maximum absolute atomic E-state index is 11.7. The summed E-state index contributed by atoms with van der Waals surface area (Å²) in [6.07, 6.45) is 1.30. The van der Waals surface area contributed by atoms with Gasteiger partial charge >= 0.3 is 5.97 Å². The monoisotopic (exact) mass is 239 g/mol. The lowest BCUT2D eigenvalue weighted by atomic mass is 9.73. The van der Waals surface area contributed by atoms with E-state index in [1.807, 2.05) is 16.8 Å². The Bertz CT molecular complexity index is 388. The van der Waals surface area contributed by atoms with Crippen LogP contribution in [0.1, 0.15) is 18.4 Å².